The highest BCUT2D eigenvalue weighted by molar-refractivity contribution is 5.94. The van der Waals surface area contributed by atoms with Crippen molar-refractivity contribution in [3.8, 4) is 11.4 Å². The Morgan fingerprint density at radius 1 is 1.24 bits per heavy atom. The van der Waals surface area contributed by atoms with Gasteiger partial charge in [0.1, 0.15) is 11.9 Å². The molecule has 2 N–H and O–H groups in total. The molecule has 3 aromatic rings. The van der Waals surface area contributed by atoms with E-state index in [0.717, 1.165) is 30.2 Å². The van der Waals surface area contributed by atoms with E-state index in [4.69, 9.17) is 9.51 Å². The van der Waals surface area contributed by atoms with Gasteiger partial charge < -0.3 is 19.7 Å². The first-order chi connectivity index (χ1) is 13.8. The Kier molecular flexibility index (Phi) is 4.96. The number of aryl methyl sites for hydroxylation is 1. The maximum Gasteiger partial charge on any atom is 0.272 e. The van der Waals surface area contributed by atoms with E-state index < -0.39 is 6.04 Å². The molecule has 0 spiro atoms. The lowest BCUT2D eigenvalue weighted by atomic mass is 9.86. The highest BCUT2D eigenvalue weighted by Gasteiger charge is 2.34. The van der Waals surface area contributed by atoms with Crippen molar-refractivity contribution in [2.24, 2.45) is 5.41 Å². The molecule has 1 aliphatic rings. The second-order valence-corrected chi connectivity index (χ2v) is 8.38. The maximum atomic E-state index is 13.3. The van der Waals surface area contributed by atoms with Gasteiger partial charge in [-0.2, -0.15) is 4.98 Å². The summed E-state index contributed by atoms with van der Waals surface area (Å²) in [7, 11) is 0. The molecule has 0 aliphatic carbocycles. The van der Waals surface area contributed by atoms with Gasteiger partial charge in [-0.1, -0.05) is 56.3 Å². The third kappa shape index (κ3) is 3.80. The fourth-order valence-corrected chi connectivity index (χ4v) is 3.57. The summed E-state index contributed by atoms with van der Waals surface area (Å²) >= 11 is 0. The van der Waals surface area contributed by atoms with Crippen LogP contribution in [0.25, 0.3) is 11.4 Å². The molecule has 0 unspecified atom stereocenters. The second kappa shape index (κ2) is 7.44. The van der Waals surface area contributed by atoms with Gasteiger partial charge in [0.05, 0.1) is 5.69 Å². The van der Waals surface area contributed by atoms with E-state index in [1.807, 2.05) is 51.1 Å². The number of aromatic nitrogens is 4. The molecule has 1 aliphatic heterocycles. The van der Waals surface area contributed by atoms with Gasteiger partial charge in [-0.3, -0.25) is 4.79 Å². The van der Waals surface area contributed by atoms with Gasteiger partial charge in [0, 0.05) is 25.2 Å². The van der Waals surface area contributed by atoms with Crippen LogP contribution in [0.5, 0.6) is 0 Å². The quantitative estimate of drug-likeness (QED) is 0.706. The lowest BCUT2D eigenvalue weighted by Crippen LogP contribution is -2.38. The molecule has 4 rings (SSSR count). The summed E-state index contributed by atoms with van der Waals surface area (Å²) in [4.78, 5) is 22.4. The number of carbonyl (C=O) groups is 1. The van der Waals surface area contributed by atoms with Crippen molar-refractivity contribution in [2.45, 2.75) is 46.8 Å². The summed E-state index contributed by atoms with van der Waals surface area (Å²) < 4.78 is 7.49. The zero-order valence-corrected chi connectivity index (χ0v) is 17.2. The first kappa shape index (κ1) is 19.3. The maximum absolute atomic E-state index is 13.3. The van der Waals surface area contributed by atoms with Crippen LogP contribution in [-0.2, 0) is 13.1 Å². The standard InChI is InChI=1S/C21H26N6O2/c1-13-23-20(29-26-13)17(21(2,3)4)25-19(28)16-15-12-22-10-11-27(15)18(24-16)14-8-6-5-7-9-14/h5-9,17,22H,10-12H2,1-4H3,(H,25,28)/t17-/m1/s1. The number of fused-ring (bicyclic) bond motifs is 1. The van der Waals surface area contributed by atoms with Crippen molar-refractivity contribution in [1.29, 1.82) is 0 Å². The zero-order valence-electron chi connectivity index (χ0n) is 17.2. The molecule has 0 bridgehead atoms. The van der Waals surface area contributed by atoms with Gasteiger partial charge in [0.15, 0.2) is 11.5 Å². The molecule has 0 fully saturated rings. The number of hydrogen-bond acceptors (Lipinski definition) is 6. The van der Waals surface area contributed by atoms with Crippen LogP contribution >= 0.6 is 0 Å². The molecular weight excluding hydrogens is 368 g/mol. The van der Waals surface area contributed by atoms with Gasteiger partial charge >= 0.3 is 0 Å². The first-order valence-corrected chi connectivity index (χ1v) is 9.81. The number of imidazole rings is 1. The molecule has 0 radical (unpaired) electrons. The molecule has 1 aromatic carbocycles. The minimum atomic E-state index is -0.426. The summed E-state index contributed by atoms with van der Waals surface area (Å²) in [5, 5.41) is 10.3. The highest BCUT2D eigenvalue weighted by Crippen LogP contribution is 2.32. The van der Waals surface area contributed by atoms with E-state index in [1.165, 1.54) is 0 Å². The van der Waals surface area contributed by atoms with Crippen LogP contribution in [-0.4, -0.2) is 32.1 Å². The average Bonchev–Trinajstić information content (AvgIpc) is 3.29. The van der Waals surface area contributed by atoms with Crippen LogP contribution in [0.2, 0.25) is 0 Å². The number of carbonyl (C=O) groups excluding carboxylic acids is 1. The third-order valence-corrected chi connectivity index (χ3v) is 5.06. The van der Waals surface area contributed by atoms with Crippen LogP contribution in [0, 0.1) is 12.3 Å². The Morgan fingerprint density at radius 2 is 2.00 bits per heavy atom. The van der Waals surface area contributed by atoms with Gasteiger partial charge in [0.2, 0.25) is 5.89 Å². The predicted molar refractivity (Wildman–Crippen MR) is 108 cm³/mol. The number of hydrogen-bond donors (Lipinski definition) is 2. The fraction of sp³-hybridized carbons (Fsp3) is 0.429. The third-order valence-electron chi connectivity index (χ3n) is 5.06. The van der Waals surface area contributed by atoms with Crippen LogP contribution in [0.1, 0.15) is 54.7 Å². The van der Waals surface area contributed by atoms with Crippen LogP contribution < -0.4 is 10.6 Å². The van der Waals surface area contributed by atoms with E-state index in [1.54, 1.807) is 6.92 Å². The van der Waals surface area contributed by atoms with E-state index in [0.29, 0.717) is 24.0 Å². The monoisotopic (exact) mass is 394 g/mol. The molecule has 8 nitrogen and oxygen atoms in total. The molecule has 3 heterocycles. The van der Waals surface area contributed by atoms with Gasteiger partial charge in [-0.05, 0) is 12.3 Å². The summed E-state index contributed by atoms with van der Waals surface area (Å²) in [6.07, 6.45) is 0. The van der Waals surface area contributed by atoms with Crippen LogP contribution in [0.3, 0.4) is 0 Å². The molecule has 1 atom stereocenters. The summed E-state index contributed by atoms with van der Waals surface area (Å²) in [5.41, 5.74) is 2.01. The van der Waals surface area contributed by atoms with Gasteiger partial charge in [0.25, 0.3) is 5.91 Å². The number of amides is 1. The van der Waals surface area contributed by atoms with Crippen LogP contribution in [0.4, 0.5) is 0 Å². The smallest absolute Gasteiger partial charge is 0.272 e. The normalized spacial score (nSPS) is 15.0. The van der Waals surface area contributed by atoms with Gasteiger partial charge in [-0.15, -0.1) is 0 Å². The average molecular weight is 394 g/mol. The fourth-order valence-electron chi connectivity index (χ4n) is 3.57. The molecular formula is C21H26N6O2. The molecule has 0 saturated carbocycles. The van der Waals surface area contributed by atoms with Crippen molar-refractivity contribution < 1.29 is 9.32 Å². The van der Waals surface area contributed by atoms with E-state index >= 15 is 0 Å². The number of rotatable bonds is 4. The second-order valence-electron chi connectivity index (χ2n) is 8.38. The Labute approximate surface area is 169 Å². The highest BCUT2D eigenvalue weighted by atomic mass is 16.5. The Balaban J connectivity index is 1.70. The van der Waals surface area contributed by atoms with Crippen molar-refractivity contribution in [3.05, 3.63) is 53.4 Å². The molecule has 29 heavy (non-hydrogen) atoms. The Bertz CT molecular complexity index is 1020. The van der Waals surface area contributed by atoms with Crippen molar-refractivity contribution in [1.82, 2.24) is 30.3 Å². The van der Waals surface area contributed by atoms with Crippen molar-refractivity contribution in [2.75, 3.05) is 6.54 Å². The Morgan fingerprint density at radius 3 is 2.66 bits per heavy atom. The molecule has 152 valence electrons. The number of benzene rings is 1. The van der Waals surface area contributed by atoms with Crippen LogP contribution in [0.15, 0.2) is 34.9 Å². The zero-order chi connectivity index (χ0) is 20.6. The molecule has 0 saturated heterocycles. The summed E-state index contributed by atoms with van der Waals surface area (Å²) in [6, 6.07) is 9.53. The predicted octanol–water partition coefficient (Wildman–Crippen LogP) is 2.86. The number of nitrogens with one attached hydrogen (secondary N) is 2. The molecule has 8 heteroatoms. The largest absolute Gasteiger partial charge is 0.338 e. The lowest BCUT2D eigenvalue weighted by Gasteiger charge is -2.28. The Hall–Kier alpha value is -3.00. The van der Waals surface area contributed by atoms with E-state index in [9.17, 15) is 4.79 Å². The molecule has 1 amide bonds. The van der Waals surface area contributed by atoms with E-state index in [2.05, 4.69) is 25.3 Å². The molecule has 2 aromatic heterocycles. The summed E-state index contributed by atoms with van der Waals surface area (Å²) in [6.45, 7) is 10.0. The van der Waals surface area contributed by atoms with E-state index in [-0.39, 0.29) is 11.3 Å². The lowest BCUT2D eigenvalue weighted by molar-refractivity contribution is 0.0874. The minimum Gasteiger partial charge on any atom is -0.338 e. The van der Waals surface area contributed by atoms with Crippen molar-refractivity contribution >= 4 is 5.91 Å². The summed E-state index contributed by atoms with van der Waals surface area (Å²) in [5.74, 6) is 1.51. The minimum absolute atomic E-state index is 0.240. The van der Waals surface area contributed by atoms with Gasteiger partial charge in [-0.25, -0.2) is 4.98 Å². The topological polar surface area (TPSA) is 97.9 Å². The first-order valence-electron chi connectivity index (χ1n) is 9.81. The van der Waals surface area contributed by atoms with Crippen molar-refractivity contribution in [3.63, 3.8) is 0 Å². The SMILES string of the molecule is Cc1noc([C@@H](NC(=O)c2nc(-c3ccccc3)n3c2CNCC3)C(C)(C)C)n1. The number of nitrogens with zero attached hydrogens (tertiary/aromatic N) is 4.